The fraction of sp³-hybridized carbons (Fsp3) is 0.0270. The smallest absolute Gasteiger partial charge is 0.143 e. The van der Waals surface area contributed by atoms with Gasteiger partial charge in [0.15, 0.2) is 0 Å². The van der Waals surface area contributed by atoms with Gasteiger partial charge in [0.05, 0.1) is 11.0 Å². The van der Waals surface area contributed by atoms with E-state index >= 15 is 0 Å². The SMILES string of the molecule is c1ccc(-n2c3ccccc3c3cc(Cc4ccc(-c5cccc6c5oc5ccccc56)cc4)ccc32)cc1. The van der Waals surface area contributed by atoms with Crippen molar-refractivity contribution in [1.29, 1.82) is 0 Å². The minimum absolute atomic E-state index is 0.885. The average Bonchev–Trinajstić information content (AvgIpc) is 3.54. The summed E-state index contributed by atoms with van der Waals surface area (Å²) < 4.78 is 8.63. The van der Waals surface area contributed by atoms with Crippen molar-refractivity contribution in [3.8, 4) is 16.8 Å². The number of hydrogen-bond donors (Lipinski definition) is 0. The van der Waals surface area contributed by atoms with Gasteiger partial charge in [-0.2, -0.15) is 0 Å². The van der Waals surface area contributed by atoms with Gasteiger partial charge in [-0.05, 0) is 59.5 Å². The van der Waals surface area contributed by atoms with Crippen LogP contribution in [-0.4, -0.2) is 4.57 Å². The molecule has 0 aliphatic carbocycles. The Morgan fingerprint density at radius 3 is 2.05 bits per heavy atom. The molecule has 8 rings (SSSR count). The molecule has 39 heavy (non-hydrogen) atoms. The van der Waals surface area contributed by atoms with Gasteiger partial charge in [-0.1, -0.05) is 103 Å². The third-order valence-electron chi connectivity index (χ3n) is 7.83. The van der Waals surface area contributed by atoms with Crippen LogP contribution in [0.2, 0.25) is 0 Å². The minimum atomic E-state index is 0.885. The maximum atomic E-state index is 6.27. The predicted octanol–water partition coefficient (Wildman–Crippen LogP) is 9.94. The Bertz CT molecular complexity index is 2130. The van der Waals surface area contributed by atoms with E-state index in [0.717, 1.165) is 33.9 Å². The molecule has 0 spiro atoms. The molecule has 184 valence electrons. The molecule has 0 unspecified atom stereocenters. The summed E-state index contributed by atoms with van der Waals surface area (Å²) in [6, 6.07) is 49.8. The van der Waals surface area contributed by atoms with E-state index in [1.165, 1.54) is 44.2 Å². The molecule has 0 radical (unpaired) electrons. The van der Waals surface area contributed by atoms with E-state index in [0.29, 0.717) is 0 Å². The monoisotopic (exact) mass is 499 g/mol. The van der Waals surface area contributed by atoms with Crippen molar-refractivity contribution in [3.63, 3.8) is 0 Å². The van der Waals surface area contributed by atoms with Crippen LogP contribution >= 0.6 is 0 Å². The molecule has 0 aliphatic heterocycles. The van der Waals surface area contributed by atoms with E-state index in [4.69, 9.17) is 4.42 Å². The van der Waals surface area contributed by atoms with E-state index in [9.17, 15) is 0 Å². The Hall–Kier alpha value is -5.08. The molecule has 6 aromatic carbocycles. The minimum Gasteiger partial charge on any atom is -0.455 e. The van der Waals surface area contributed by atoms with Crippen LogP contribution in [0.3, 0.4) is 0 Å². The second kappa shape index (κ2) is 8.75. The van der Waals surface area contributed by atoms with E-state index in [1.807, 2.05) is 12.1 Å². The molecular formula is C37H25NO. The predicted molar refractivity (Wildman–Crippen MR) is 163 cm³/mol. The van der Waals surface area contributed by atoms with Crippen LogP contribution in [0.1, 0.15) is 11.1 Å². The van der Waals surface area contributed by atoms with Gasteiger partial charge in [0.25, 0.3) is 0 Å². The Kier molecular flexibility index (Phi) is 4.92. The lowest BCUT2D eigenvalue weighted by atomic mass is 9.98. The van der Waals surface area contributed by atoms with Crippen LogP contribution in [0, 0.1) is 0 Å². The fourth-order valence-electron chi connectivity index (χ4n) is 6.00. The zero-order valence-corrected chi connectivity index (χ0v) is 21.3. The number of rotatable bonds is 4. The summed E-state index contributed by atoms with van der Waals surface area (Å²) in [4.78, 5) is 0. The highest BCUT2D eigenvalue weighted by Gasteiger charge is 2.14. The molecule has 2 nitrogen and oxygen atoms in total. The van der Waals surface area contributed by atoms with Crippen LogP contribution in [0.5, 0.6) is 0 Å². The first kappa shape index (κ1) is 22.0. The van der Waals surface area contributed by atoms with Gasteiger partial charge in [0.1, 0.15) is 11.2 Å². The van der Waals surface area contributed by atoms with E-state index in [1.54, 1.807) is 0 Å². The van der Waals surface area contributed by atoms with Gasteiger partial charge in [-0.25, -0.2) is 0 Å². The van der Waals surface area contributed by atoms with Gasteiger partial charge in [-0.3, -0.25) is 0 Å². The highest BCUT2D eigenvalue weighted by atomic mass is 16.3. The van der Waals surface area contributed by atoms with Crippen LogP contribution in [0.25, 0.3) is 60.6 Å². The maximum absolute atomic E-state index is 6.27. The zero-order chi connectivity index (χ0) is 25.8. The van der Waals surface area contributed by atoms with Gasteiger partial charge in [-0.15, -0.1) is 0 Å². The van der Waals surface area contributed by atoms with E-state index in [2.05, 4.69) is 132 Å². The van der Waals surface area contributed by atoms with Crippen LogP contribution < -0.4 is 0 Å². The van der Waals surface area contributed by atoms with Crippen LogP contribution in [-0.2, 0) is 6.42 Å². The zero-order valence-electron chi connectivity index (χ0n) is 21.3. The van der Waals surface area contributed by atoms with Gasteiger partial charge in [0.2, 0.25) is 0 Å². The molecule has 8 aromatic rings. The largest absolute Gasteiger partial charge is 0.455 e. The Morgan fingerprint density at radius 2 is 1.18 bits per heavy atom. The van der Waals surface area contributed by atoms with Crippen molar-refractivity contribution in [2.75, 3.05) is 0 Å². The molecule has 2 heteroatoms. The lowest BCUT2D eigenvalue weighted by Gasteiger charge is -2.08. The summed E-state index contributed by atoms with van der Waals surface area (Å²) in [5.74, 6) is 0. The molecule has 2 aromatic heterocycles. The third kappa shape index (κ3) is 3.57. The molecule has 0 aliphatic rings. The normalized spacial score (nSPS) is 11.7. The molecule has 0 saturated carbocycles. The molecule has 0 bridgehead atoms. The number of hydrogen-bond acceptors (Lipinski definition) is 1. The Morgan fingerprint density at radius 1 is 0.487 bits per heavy atom. The lowest BCUT2D eigenvalue weighted by molar-refractivity contribution is 0.670. The van der Waals surface area contributed by atoms with Crippen molar-refractivity contribution >= 4 is 43.7 Å². The Labute approximate surface area is 226 Å². The molecule has 0 amide bonds. The van der Waals surface area contributed by atoms with Crippen molar-refractivity contribution in [1.82, 2.24) is 4.57 Å². The Balaban J connectivity index is 1.16. The second-order valence-corrected chi connectivity index (χ2v) is 10.2. The number of para-hydroxylation sites is 4. The standard InChI is InChI=1S/C37H25NO/c1-2-9-28(10-3-1)38-34-15-6-4-11-30(34)33-24-26(19-22-35(33)38)23-25-17-20-27(21-18-25)29-13-8-14-32-31-12-5-7-16-36(31)39-37(29)32/h1-22,24H,23H2. The topological polar surface area (TPSA) is 18.1 Å². The first-order valence-electron chi connectivity index (χ1n) is 13.4. The number of aromatic nitrogens is 1. The van der Waals surface area contributed by atoms with Gasteiger partial charge >= 0.3 is 0 Å². The fourth-order valence-corrected chi connectivity index (χ4v) is 6.00. The van der Waals surface area contributed by atoms with Gasteiger partial charge in [0, 0.05) is 32.8 Å². The quantitative estimate of drug-likeness (QED) is 0.236. The summed E-state index contributed by atoms with van der Waals surface area (Å²) in [6.07, 6.45) is 0.885. The summed E-state index contributed by atoms with van der Waals surface area (Å²) in [5.41, 5.74) is 10.4. The van der Waals surface area contributed by atoms with Crippen LogP contribution in [0.15, 0.2) is 144 Å². The first-order valence-corrected chi connectivity index (χ1v) is 13.4. The van der Waals surface area contributed by atoms with Crippen LogP contribution in [0.4, 0.5) is 0 Å². The highest BCUT2D eigenvalue weighted by molar-refractivity contribution is 6.10. The number of nitrogens with zero attached hydrogens (tertiary/aromatic N) is 1. The number of benzene rings is 6. The molecule has 0 N–H and O–H groups in total. The van der Waals surface area contributed by atoms with Gasteiger partial charge < -0.3 is 8.98 Å². The summed E-state index contributed by atoms with van der Waals surface area (Å²) in [7, 11) is 0. The maximum Gasteiger partial charge on any atom is 0.143 e. The molecule has 0 saturated heterocycles. The van der Waals surface area contributed by atoms with E-state index in [-0.39, 0.29) is 0 Å². The molecule has 0 fully saturated rings. The summed E-state index contributed by atoms with van der Waals surface area (Å²) in [5, 5.41) is 4.90. The molecule has 0 atom stereocenters. The average molecular weight is 500 g/mol. The third-order valence-corrected chi connectivity index (χ3v) is 7.83. The number of furan rings is 1. The second-order valence-electron chi connectivity index (χ2n) is 10.2. The highest BCUT2D eigenvalue weighted by Crippen LogP contribution is 2.36. The van der Waals surface area contributed by atoms with Crippen molar-refractivity contribution in [2.45, 2.75) is 6.42 Å². The molecule has 2 heterocycles. The molecular weight excluding hydrogens is 474 g/mol. The van der Waals surface area contributed by atoms with E-state index < -0.39 is 0 Å². The summed E-state index contributed by atoms with van der Waals surface area (Å²) in [6.45, 7) is 0. The van der Waals surface area contributed by atoms with Crippen molar-refractivity contribution in [2.24, 2.45) is 0 Å². The lowest BCUT2D eigenvalue weighted by Crippen LogP contribution is -1.93. The van der Waals surface area contributed by atoms with Crippen molar-refractivity contribution < 1.29 is 4.42 Å². The first-order chi connectivity index (χ1) is 19.3. The summed E-state index contributed by atoms with van der Waals surface area (Å²) >= 11 is 0. The number of fused-ring (bicyclic) bond motifs is 6. The van der Waals surface area contributed by atoms with Crippen molar-refractivity contribution in [3.05, 3.63) is 151 Å².